The Labute approximate surface area is 211 Å². The molecule has 0 unspecified atom stereocenters. The molecule has 0 N–H and O–H groups in total. The number of hydrogen-bond donors (Lipinski definition) is 0. The van der Waals surface area contributed by atoms with Crippen molar-refractivity contribution in [3.05, 3.63) is 62.6 Å². The zero-order chi connectivity index (χ0) is 24.9. The van der Waals surface area contributed by atoms with E-state index in [4.69, 9.17) is 14.2 Å². The van der Waals surface area contributed by atoms with Gasteiger partial charge in [0.15, 0.2) is 18.1 Å². The van der Waals surface area contributed by atoms with Crippen LogP contribution < -0.4 is 15.0 Å². The molecule has 3 aromatic rings. The molecule has 10 heteroatoms. The van der Waals surface area contributed by atoms with Gasteiger partial charge in [0.25, 0.3) is 11.5 Å². The highest BCUT2D eigenvalue weighted by Crippen LogP contribution is 2.28. The number of rotatable bonds is 7. The maximum atomic E-state index is 13.2. The second-order valence-corrected chi connectivity index (χ2v) is 9.26. The lowest BCUT2D eigenvalue weighted by molar-refractivity contribution is -0.137. The SMILES string of the molecule is COc1cc(C=Nn2c(C(C)C)nc3ccc(Br)cc3c2=O)ccc1OCC(=O)N1CCOCC1. The number of amides is 1. The van der Waals surface area contributed by atoms with Gasteiger partial charge in [0.1, 0.15) is 5.82 Å². The van der Waals surface area contributed by atoms with Gasteiger partial charge in [0.2, 0.25) is 0 Å². The van der Waals surface area contributed by atoms with E-state index in [0.29, 0.717) is 60.1 Å². The standard InChI is InChI=1S/C25H27BrN4O5/c1-16(2)24-28-20-6-5-18(26)13-19(20)25(32)30(24)27-14-17-4-7-21(22(12-17)33-3)35-15-23(31)29-8-10-34-11-9-29/h4-7,12-14,16H,8-11,15H2,1-3H3. The Hall–Kier alpha value is -3.24. The number of carbonyl (C=O) groups is 1. The average Bonchev–Trinajstić information content (AvgIpc) is 2.87. The second kappa shape index (κ2) is 11.0. The third-order valence-corrected chi connectivity index (χ3v) is 6.07. The van der Waals surface area contributed by atoms with Gasteiger partial charge in [-0.2, -0.15) is 9.78 Å². The van der Waals surface area contributed by atoms with Crippen LogP contribution in [0.5, 0.6) is 11.5 Å². The van der Waals surface area contributed by atoms with Crippen LogP contribution in [0.3, 0.4) is 0 Å². The molecule has 9 nitrogen and oxygen atoms in total. The molecule has 1 fully saturated rings. The number of benzene rings is 2. The third-order valence-electron chi connectivity index (χ3n) is 5.57. The zero-order valence-corrected chi connectivity index (χ0v) is 21.4. The van der Waals surface area contributed by atoms with Gasteiger partial charge in [-0.05, 0) is 42.0 Å². The highest BCUT2D eigenvalue weighted by atomic mass is 79.9. The lowest BCUT2D eigenvalue weighted by atomic mass is 10.2. The molecule has 1 aliphatic heterocycles. The summed E-state index contributed by atoms with van der Waals surface area (Å²) in [6.07, 6.45) is 1.57. The summed E-state index contributed by atoms with van der Waals surface area (Å²) < 4.78 is 18.6. The van der Waals surface area contributed by atoms with Crippen molar-refractivity contribution in [1.82, 2.24) is 14.6 Å². The van der Waals surface area contributed by atoms with Crippen molar-refractivity contribution in [1.29, 1.82) is 0 Å². The minimum Gasteiger partial charge on any atom is -0.493 e. The molecule has 1 saturated heterocycles. The van der Waals surface area contributed by atoms with Crippen molar-refractivity contribution in [2.75, 3.05) is 40.0 Å². The lowest BCUT2D eigenvalue weighted by Crippen LogP contribution is -2.43. The Balaban J connectivity index is 1.57. The summed E-state index contributed by atoms with van der Waals surface area (Å²) in [5.41, 5.74) is 1.08. The third kappa shape index (κ3) is 5.71. The molecule has 0 radical (unpaired) electrons. The summed E-state index contributed by atoms with van der Waals surface area (Å²) in [6, 6.07) is 10.7. The van der Waals surface area contributed by atoms with Gasteiger partial charge in [-0.3, -0.25) is 9.59 Å². The predicted octanol–water partition coefficient (Wildman–Crippen LogP) is 3.41. The van der Waals surface area contributed by atoms with Gasteiger partial charge < -0.3 is 19.1 Å². The first-order valence-corrected chi connectivity index (χ1v) is 12.1. The molecule has 0 saturated carbocycles. The number of carbonyl (C=O) groups excluding carboxylic acids is 1. The number of morpholine rings is 1. The van der Waals surface area contributed by atoms with Crippen LogP contribution in [-0.4, -0.2) is 66.7 Å². The van der Waals surface area contributed by atoms with Crippen LogP contribution in [0, 0.1) is 0 Å². The summed E-state index contributed by atoms with van der Waals surface area (Å²) in [5, 5.41) is 4.93. The van der Waals surface area contributed by atoms with Gasteiger partial charge in [-0.25, -0.2) is 4.98 Å². The summed E-state index contributed by atoms with van der Waals surface area (Å²) in [6.45, 7) is 6.04. The van der Waals surface area contributed by atoms with E-state index in [9.17, 15) is 9.59 Å². The number of aromatic nitrogens is 2. The van der Waals surface area contributed by atoms with E-state index in [0.717, 1.165) is 4.47 Å². The highest BCUT2D eigenvalue weighted by Gasteiger charge is 2.18. The fourth-order valence-corrected chi connectivity index (χ4v) is 4.06. The molecule has 0 spiro atoms. The van der Waals surface area contributed by atoms with Crippen LogP contribution in [-0.2, 0) is 9.53 Å². The quantitative estimate of drug-likeness (QED) is 0.424. The van der Waals surface area contributed by atoms with Gasteiger partial charge in [0.05, 0.1) is 37.4 Å². The van der Waals surface area contributed by atoms with Crippen LogP contribution in [0.15, 0.2) is 50.8 Å². The van der Waals surface area contributed by atoms with Gasteiger partial charge in [0, 0.05) is 23.5 Å². The van der Waals surface area contributed by atoms with Gasteiger partial charge >= 0.3 is 0 Å². The largest absolute Gasteiger partial charge is 0.493 e. The van der Waals surface area contributed by atoms with E-state index >= 15 is 0 Å². The van der Waals surface area contributed by atoms with E-state index in [1.165, 1.54) is 11.8 Å². The number of methoxy groups -OCH3 is 1. The molecule has 0 atom stereocenters. The molecule has 0 aliphatic carbocycles. The summed E-state index contributed by atoms with van der Waals surface area (Å²) >= 11 is 3.41. The molecule has 4 rings (SSSR count). The number of halogens is 1. The van der Waals surface area contributed by atoms with Crippen molar-refractivity contribution in [3.8, 4) is 11.5 Å². The fraction of sp³-hybridized carbons (Fsp3) is 0.360. The van der Waals surface area contributed by atoms with Crippen LogP contribution in [0.25, 0.3) is 10.9 Å². The van der Waals surface area contributed by atoms with E-state index in [-0.39, 0.29) is 24.0 Å². The first-order chi connectivity index (χ1) is 16.9. The van der Waals surface area contributed by atoms with Crippen LogP contribution in [0.1, 0.15) is 31.2 Å². The Morgan fingerprint density at radius 2 is 1.97 bits per heavy atom. The Kier molecular flexibility index (Phi) is 7.82. The van der Waals surface area contributed by atoms with Crippen molar-refractivity contribution in [2.24, 2.45) is 5.10 Å². The van der Waals surface area contributed by atoms with Crippen molar-refractivity contribution < 1.29 is 19.0 Å². The zero-order valence-electron chi connectivity index (χ0n) is 19.9. The number of fused-ring (bicyclic) bond motifs is 1. The van der Waals surface area contributed by atoms with Crippen molar-refractivity contribution in [3.63, 3.8) is 0 Å². The Morgan fingerprint density at radius 3 is 2.69 bits per heavy atom. The summed E-state index contributed by atoms with van der Waals surface area (Å²) in [5.74, 6) is 1.36. The molecule has 1 aliphatic rings. The lowest BCUT2D eigenvalue weighted by Gasteiger charge is -2.26. The van der Waals surface area contributed by atoms with Crippen LogP contribution in [0.4, 0.5) is 0 Å². The minimum atomic E-state index is -0.246. The number of hydrogen-bond acceptors (Lipinski definition) is 7. The second-order valence-electron chi connectivity index (χ2n) is 8.34. The minimum absolute atomic E-state index is 0.0118. The Morgan fingerprint density at radius 1 is 1.20 bits per heavy atom. The van der Waals surface area contributed by atoms with Crippen LogP contribution in [0.2, 0.25) is 0 Å². The molecular formula is C25H27BrN4O5. The predicted molar refractivity (Wildman–Crippen MR) is 137 cm³/mol. The molecule has 1 amide bonds. The van der Waals surface area contributed by atoms with Gasteiger partial charge in [-0.15, -0.1) is 0 Å². The topological polar surface area (TPSA) is 95.2 Å². The number of ether oxygens (including phenoxy) is 3. The molecule has 184 valence electrons. The summed E-state index contributed by atoms with van der Waals surface area (Å²) in [7, 11) is 1.53. The first kappa shape index (κ1) is 24.9. The maximum absolute atomic E-state index is 13.2. The normalized spacial score (nSPS) is 14.1. The van der Waals surface area contributed by atoms with E-state index in [1.807, 2.05) is 26.0 Å². The molecule has 0 bridgehead atoms. The molecule has 2 heterocycles. The first-order valence-electron chi connectivity index (χ1n) is 11.3. The number of nitrogens with zero attached hydrogens (tertiary/aromatic N) is 4. The smallest absolute Gasteiger partial charge is 0.282 e. The van der Waals surface area contributed by atoms with Gasteiger partial charge in [-0.1, -0.05) is 29.8 Å². The maximum Gasteiger partial charge on any atom is 0.282 e. The van der Waals surface area contributed by atoms with Crippen molar-refractivity contribution in [2.45, 2.75) is 19.8 Å². The molecule has 1 aromatic heterocycles. The van der Waals surface area contributed by atoms with E-state index < -0.39 is 0 Å². The fourth-order valence-electron chi connectivity index (χ4n) is 3.70. The molecule has 35 heavy (non-hydrogen) atoms. The molecular weight excluding hydrogens is 516 g/mol. The van der Waals surface area contributed by atoms with E-state index in [1.54, 1.807) is 35.4 Å². The van der Waals surface area contributed by atoms with Crippen LogP contribution >= 0.6 is 15.9 Å². The molecule has 2 aromatic carbocycles. The Bertz CT molecular complexity index is 1320. The average molecular weight is 543 g/mol. The monoisotopic (exact) mass is 542 g/mol. The summed E-state index contributed by atoms with van der Waals surface area (Å²) in [4.78, 5) is 31.9. The van der Waals surface area contributed by atoms with Crippen molar-refractivity contribution >= 4 is 39.0 Å². The highest BCUT2D eigenvalue weighted by molar-refractivity contribution is 9.10. The van der Waals surface area contributed by atoms with E-state index in [2.05, 4.69) is 26.0 Å².